The monoisotopic (exact) mass is 278 g/mol. The smallest absolute Gasteiger partial charge is 0.232 e. The predicted molar refractivity (Wildman–Crippen MR) is 83.0 cm³/mol. The van der Waals surface area contributed by atoms with E-state index in [0.29, 0.717) is 11.5 Å². The van der Waals surface area contributed by atoms with E-state index in [9.17, 15) is 4.79 Å². The maximum Gasteiger partial charge on any atom is 0.232 e. The van der Waals surface area contributed by atoms with Crippen molar-refractivity contribution in [3.8, 4) is 0 Å². The zero-order chi connectivity index (χ0) is 14.3. The molecule has 0 radical (unpaired) electrons. The molecule has 0 aliphatic heterocycles. The summed E-state index contributed by atoms with van der Waals surface area (Å²) in [7, 11) is 1.81. The van der Waals surface area contributed by atoms with Crippen molar-refractivity contribution in [2.24, 2.45) is 11.7 Å². The van der Waals surface area contributed by atoms with E-state index < -0.39 is 0 Å². The molecule has 4 heteroatoms. The summed E-state index contributed by atoms with van der Waals surface area (Å²) in [6, 6.07) is 10.1. The minimum absolute atomic E-state index is 0.0327. The molecule has 0 heterocycles. The highest BCUT2D eigenvalue weighted by molar-refractivity contribution is 7.80. The zero-order valence-corrected chi connectivity index (χ0v) is 12.5. The van der Waals surface area contributed by atoms with E-state index in [2.05, 4.69) is 12.1 Å². The molecule has 104 valence electrons. The van der Waals surface area contributed by atoms with Crippen LogP contribution in [-0.2, 0) is 11.2 Å². The average Bonchev–Trinajstić information content (AvgIpc) is 2.42. The lowest BCUT2D eigenvalue weighted by Gasteiger charge is -2.23. The number of rotatable bonds is 7. The fourth-order valence-electron chi connectivity index (χ4n) is 1.99. The van der Waals surface area contributed by atoms with Crippen molar-refractivity contribution < 1.29 is 4.79 Å². The standard InChI is InChI=1S/C15H22N2OS/c1-3-7-13(14(16)19)15(18)17(2)11-10-12-8-5-4-6-9-12/h4-6,8-9,13H,3,7,10-11H2,1-2H3,(H2,16,19). The topological polar surface area (TPSA) is 46.3 Å². The Hall–Kier alpha value is -1.42. The third-order valence-electron chi connectivity index (χ3n) is 3.17. The number of nitrogens with zero attached hydrogens (tertiary/aromatic N) is 1. The normalized spacial score (nSPS) is 11.9. The van der Waals surface area contributed by atoms with Crippen LogP contribution in [0.25, 0.3) is 0 Å². The van der Waals surface area contributed by atoms with Crippen LogP contribution in [0.15, 0.2) is 30.3 Å². The van der Waals surface area contributed by atoms with Crippen LogP contribution < -0.4 is 5.73 Å². The highest BCUT2D eigenvalue weighted by atomic mass is 32.1. The predicted octanol–water partition coefficient (Wildman–Crippen LogP) is 2.39. The van der Waals surface area contributed by atoms with Crippen molar-refractivity contribution in [2.45, 2.75) is 26.2 Å². The van der Waals surface area contributed by atoms with Crippen molar-refractivity contribution in [1.29, 1.82) is 0 Å². The first kappa shape index (κ1) is 15.6. The molecule has 19 heavy (non-hydrogen) atoms. The van der Waals surface area contributed by atoms with Crippen molar-refractivity contribution >= 4 is 23.1 Å². The van der Waals surface area contributed by atoms with Gasteiger partial charge in [0.2, 0.25) is 5.91 Å². The molecular formula is C15H22N2OS. The lowest BCUT2D eigenvalue weighted by Crippen LogP contribution is -2.40. The van der Waals surface area contributed by atoms with Gasteiger partial charge in [0.05, 0.1) is 10.9 Å². The largest absolute Gasteiger partial charge is 0.393 e. The van der Waals surface area contributed by atoms with Crippen LogP contribution in [0.5, 0.6) is 0 Å². The zero-order valence-electron chi connectivity index (χ0n) is 11.6. The summed E-state index contributed by atoms with van der Waals surface area (Å²) in [5.74, 6) is -0.286. The maximum absolute atomic E-state index is 12.3. The van der Waals surface area contributed by atoms with Crippen LogP contribution in [0.3, 0.4) is 0 Å². The van der Waals surface area contributed by atoms with Crippen LogP contribution >= 0.6 is 12.2 Å². The Kier molecular flexibility index (Phi) is 6.50. The number of hydrogen-bond donors (Lipinski definition) is 1. The number of carbonyl (C=O) groups excluding carboxylic acids is 1. The first-order valence-electron chi connectivity index (χ1n) is 6.64. The van der Waals surface area contributed by atoms with E-state index in [4.69, 9.17) is 18.0 Å². The summed E-state index contributed by atoms with van der Waals surface area (Å²) >= 11 is 4.99. The highest BCUT2D eigenvalue weighted by Gasteiger charge is 2.23. The summed E-state index contributed by atoms with van der Waals surface area (Å²) < 4.78 is 0. The highest BCUT2D eigenvalue weighted by Crippen LogP contribution is 2.11. The Morgan fingerprint density at radius 2 is 2.00 bits per heavy atom. The van der Waals surface area contributed by atoms with Crippen molar-refractivity contribution in [3.63, 3.8) is 0 Å². The van der Waals surface area contributed by atoms with Gasteiger partial charge in [-0.3, -0.25) is 4.79 Å². The second-order valence-electron chi connectivity index (χ2n) is 4.74. The molecule has 0 bridgehead atoms. The molecular weight excluding hydrogens is 256 g/mol. The summed E-state index contributed by atoms with van der Waals surface area (Å²) in [4.78, 5) is 14.3. The third-order valence-corrected chi connectivity index (χ3v) is 3.46. The number of likely N-dealkylation sites (N-methyl/N-ethyl adjacent to an activating group) is 1. The summed E-state index contributed by atoms with van der Waals surface area (Å²) in [5.41, 5.74) is 6.88. The van der Waals surface area contributed by atoms with Gasteiger partial charge in [-0.1, -0.05) is 55.9 Å². The molecule has 0 fully saturated rings. The molecule has 0 aromatic heterocycles. The molecule has 1 aromatic carbocycles. The molecule has 0 aliphatic carbocycles. The Labute approximate surface area is 120 Å². The summed E-state index contributed by atoms with van der Waals surface area (Å²) in [5, 5.41) is 0. The van der Waals surface area contributed by atoms with Gasteiger partial charge in [-0.25, -0.2) is 0 Å². The van der Waals surface area contributed by atoms with Crippen LogP contribution in [-0.4, -0.2) is 29.4 Å². The third kappa shape index (κ3) is 4.99. The molecule has 1 atom stereocenters. The average molecular weight is 278 g/mol. The maximum atomic E-state index is 12.3. The summed E-state index contributed by atoms with van der Waals surface area (Å²) in [6.07, 6.45) is 2.48. The van der Waals surface area contributed by atoms with Crippen molar-refractivity contribution in [3.05, 3.63) is 35.9 Å². The first-order chi connectivity index (χ1) is 9.06. The molecule has 0 aliphatic rings. The van der Waals surface area contributed by atoms with E-state index in [-0.39, 0.29) is 11.8 Å². The van der Waals surface area contributed by atoms with Crippen molar-refractivity contribution in [1.82, 2.24) is 4.90 Å². The SMILES string of the molecule is CCCC(C(=O)N(C)CCc1ccccc1)C(N)=S. The number of amides is 1. The number of thiocarbonyl (C=S) groups is 1. The molecule has 0 saturated carbocycles. The van der Waals surface area contributed by atoms with Gasteiger partial charge in [0.1, 0.15) is 0 Å². The number of hydrogen-bond acceptors (Lipinski definition) is 2. The van der Waals surface area contributed by atoms with Gasteiger partial charge >= 0.3 is 0 Å². The van der Waals surface area contributed by atoms with Gasteiger partial charge in [-0.2, -0.15) is 0 Å². The fraction of sp³-hybridized carbons (Fsp3) is 0.467. The molecule has 1 aromatic rings. The van der Waals surface area contributed by atoms with E-state index in [1.54, 1.807) is 4.90 Å². The first-order valence-corrected chi connectivity index (χ1v) is 7.05. The number of nitrogens with two attached hydrogens (primary N) is 1. The Morgan fingerprint density at radius 1 is 1.37 bits per heavy atom. The minimum atomic E-state index is -0.319. The Bertz CT molecular complexity index is 419. The summed E-state index contributed by atoms with van der Waals surface area (Å²) in [6.45, 7) is 2.72. The van der Waals surface area contributed by atoms with E-state index in [1.807, 2.05) is 32.2 Å². The lowest BCUT2D eigenvalue weighted by molar-refractivity contribution is -0.132. The van der Waals surface area contributed by atoms with E-state index >= 15 is 0 Å². The molecule has 0 spiro atoms. The van der Waals surface area contributed by atoms with Crippen LogP contribution in [0.4, 0.5) is 0 Å². The Balaban J connectivity index is 2.54. The quantitative estimate of drug-likeness (QED) is 0.779. The van der Waals surface area contributed by atoms with Crippen molar-refractivity contribution in [2.75, 3.05) is 13.6 Å². The lowest BCUT2D eigenvalue weighted by atomic mass is 10.0. The van der Waals surface area contributed by atoms with Gasteiger partial charge < -0.3 is 10.6 Å². The Morgan fingerprint density at radius 3 is 2.53 bits per heavy atom. The molecule has 1 amide bonds. The second-order valence-corrected chi connectivity index (χ2v) is 5.21. The van der Waals surface area contributed by atoms with E-state index in [0.717, 1.165) is 19.3 Å². The number of carbonyl (C=O) groups is 1. The molecule has 3 nitrogen and oxygen atoms in total. The van der Waals surface area contributed by atoms with Crippen LogP contribution in [0, 0.1) is 5.92 Å². The van der Waals surface area contributed by atoms with Gasteiger partial charge in [0, 0.05) is 13.6 Å². The fourth-order valence-corrected chi connectivity index (χ4v) is 2.21. The minimum Gasteiger partial charge on any atom is -0.393 e. The number of benzene rings is 1. The van der Waals surface area contributed by atoms with Gasteiger partial charge in [-0.05, 0) is 18.4 Å². The van der Waals surface area contributed by atoms with Crippen LogP contribution in [0.1, 0.15) is 25.3 Å². The second kappa shape index (κ2) is 7.89. The molecule has 0 saturated heterocycles. The molecule has 2 N–H and O–H groups in total. The van der Waals surface area contributed by atoms with Crippen LogP contribution in [0.2, 0.25) is 0 Å². The van der Waals surface area contributed by atoms with E-state index in [1.165, 1.54) is 5.56 Å². The molecule has 1 rings (SSSR count). The van der Waals surface area contributed by atoms with Gasteiger partial charge in [-0.15, -0.1) is 0 Å². The molecule has 1 unspecified atom stereocenters. The van der Waals surface area contributed by atoms with Gasteiger partial charge in [0.15, 0.2) is 0 Å². The van der Waals surface area contributed by atoms with Gasteiger partial charge in [0.25, 0.3) is 0 Å².